The van der Waals surface area contributed by atoms with Crippen LogP contribution in [0.5, 0.6) is 0 Å². The van der Waals surface area contributed by atoms with E-state index in [1.165, 1.54) is 10.9 Å². The highest BCUT2D eigenvalue weighted by atomic mass is 35.5. The van der Waals surface area contributed by atoms with Crippen molar-refractivity contribution >= 4 is 43.9 Å². The zero-order valence-corrected chi connectivity index (χ0v) is 19.5. The Morgan fingerprint density at radius 1 is 1.09 bits per heavy atom. The molecular formula is C24H26ClN3O3S. The van der Waals surface area contributed by atoms with Gasteiger partial charge in [0.25, 0.3) is 0 Å². The van der Waals surface area contributed by atoms with E-state index in [9.17, 15) is 13.2 Å². The molecule has 32 heavy (non-hydrogen) atoms. The number of aromatic amines is 1. The fourth-order valence-electron chi connectivity index (χ4n) is 5.09. The predicted octanol–water partition coefficient (Wildman–Crippen LogP) is 3.50. The second-order valence-corrected chi connectivity index (χ2v) is 11.3. The van der Waals surface area contributed by atoms with Gasteiger partial charge in [-0.2, -0.15) is 0 Å². The van der Waals surface area contributed by atoms with E-state index in [0.717, 1.165) is 28.9 Å². The molecule has 1 aromatic heterocycles. The molecule has 8 heteroatoms. The lowest BCUT2D eigenvalue weighted by molar-refractivity contribution is -0.133. The number of anilines is 1. The molecule has 3 aromatic rings. The lowest BCUT2D eigenvalue weighted by Crippen LogP contribution is -2.47. The number of aromatic nitrogens is 1. The van der Waals surface area contributed by atoms with Crippen LogP contribution < -0.4 is 4.90 Å². The average molecular weight is 472 g/mol. The van der Waals surface area contributed by atoms with E-state index in [1.54, 1.807) is 0 Å². The van der Waals surface area contributed by atoms with E-state index in [1.807, 2.05) is 41.3 Å². The molecule has 2 atom stereocenters. The molecule has 2 aliphatic rings. The Labute approximate surface area is 193 Å². The van der Waals surface area contributed by atoms with Crippen LogP contribution in [0, 0.1) is 0 Å². The van der Waals surface area contributed by atoms with Crippen LogP contribution in [-0.2, 0) is 21.1 Å². The van der Waals surface area contributed by atoms with Gasteiger partial charge in [-0.05, 0) is 42.7 Å². The summed E-state index contributed by atoms with van der Waals surface area (Å²) in [7, 11) is -2.92. The molecule has 6 nitrogen and oxygen atoms in total. The quantitative estimate of drug-likeness (QED) is 0.593. The number of amides is 1. The van der Waals surface area contributed by atoms with Gasteiger partial charge in [0.15, 0.2) is 9.84 Å². The largest absolute Gasteiger partial charge is 0.369 e. The number of carbonyl (C=O) groups excluding carboxylic acids is 1. The summed E-state index contributed by atoms with van der Waals surface area (Å²) in [6.07, 6.45) is 0.777. The van der Waals surface area contributed by atoms with Crippen molar-refractivity contribution < 1.29 is 13.2 Å². The van der Waals surface area contributed by atoms with Crippen molar-refractivity contribution in [2.75, 3.05) is 35.4 Å². The van der Waals surface area contributed by atoms with Crippen molar-refractivity contribution in [2.45, 2.75) is 25.4 Å². The molecule has 0 unspecified atom stereocenters. The van der Waals surface area contributed by atoms with Gasteiger partial charge >= 0.3 is 0 Å². The topological polar surface area (TPSA) is 73.5 Å². The Morgan fingerprint density at radius 3 is 2.47 bits per heavy atom. The zero-order valence-electron chi connectivity index (χ0n) is 17.9. The minimum absolute atomic E-state index is 0.0185. The smallest absolute Gasteiger partial charge is 0.238 e. The van der Waals surface area contributed by atoms with Crippen molar-refractivity contribution in [1.82, 2.24) is 9.88 Å². The molecule has 3 heterocycles. The van der Waals surface area contributed by atoms with E-state index < -0.39 is 9.84 Å². The Bertz CT molecular complexity index is 1260. The summed E-state index contributed by atoms with van der Waals surface area (Å²) in [5.41, 5.74) is 5.37. The van der Waals surface area contributed by atoms with Gasteiger partial charge < -0.3 is 14.8 Å². The summed E-state index contributed by atoms with van der Waals surface area (Å²) in [5, 5.41) is 1.20. The number of benzene rings is 2. The molecule has 2 aliphatic heterocycles. The van der Waals surface area contributed by atoms with Gasteiger partial charge in [-0.3, -0.25) is 4.79 Å². The summed E-state index contributed by atoms with van der Waals surface area (Å²) < 4.78 is 23.5. The maximum atomic E-state index is 12.9. The highest BCUT2D eigenvalue weighted by Crippen LogP contribution is 2.41. The molecule has 2 aromatic carbocycles. The van der Waals surface area contributed by atoms with Crippen LogP contribution in [0.1, 0.15) is 29.8 Å². The zero-order chi connectivity index (χ0) is 22.5. The second kappa shape index (κ2) is 8.12. The number of hydrogen-bond acceptors (Lipinski definition) is 4. The number of halogens is 1. The first kappa shape index (κ1) is 21.3. The van der Waals surface area contributed by atoms with Gasteiger partial charge in [-0.1, -0.05) is 30.3 Å². The van der Waals surface area contributed by atoms with Crippen LogP contribution in [-0.4, -0.2) is 60.7 Å². The molecule has 1 saturated heterocycles. The van der Waals surface area contributed by atoms with Crippen LogP contribution >= 0.6 is 11.6 Å². The van der Waals surface area contributed by atoms with Crippen molar-refractivity contribution in [3.63, 3.8) is 0 Å². The minimum Gasteiger partial charge on any atom is -0.369 e. The summed E-state index contributed by atoms with van der Waals surface area (Å²) in [4.78, 5) is 20.4. The normalized spacial score (nSPS) is 22.7. The van der Waals surface area contributed by atoms with Gasteiger partial charge in [0.2, 0.25) is 5.91 Å². The molecule has 0 radical (unpaired) electrons. The number of rotatable bonds is 3. The van der Waals surface area contributed by atoms with E-state index in [2.05, 4.69) is 28.9 Å². The Balaban J connectivity index is 1.54. The molecule has 0 bridgehead atoms. The number of alkyl halides is 1. The Hall–Kier alpha value is -2.51. The molecule has 0 aliphatic carbocycles. The first-order valence-corrected chi connectivity index (χ1v) is 13.3. The standard InChI is InChI=1S/C24H26ClN3O3S/c1-16-14-20-19-4-2-3-5-21(19)26-23(20)24(28(16)22(29)15-25)17-6-8-18(9-7-17)27-10-12-32(30,31)13-11-27/h2-9,16,24,26H,10-15H2,1H3/t16-,24-/m0/s1. The van der Waals surface area contributed by atoms with Crippen LogP contribution in [0.2, 0.25) is 0 Å². The van der Waals surface area contributed by atoms with Gasteiger partial charge in [-0.15, -0.1) is 11.6 Å². The molecule has 1 fully saturated rings. The first-order valence-electron chi connectivity index (χ1n) is 10.9. The summed E-state index contributed by atoms with van der Waals surface area (Å²) in [5.74, 6) is 0.228. The monoisotopic (exact) mass is 471 g/mol. The van der Waals surface area contributed by atoms with Crippen molar-refractivity contribution in [2.24, 2.45) is 0 Å². The van der Waals surface area contributed by atoms with Gasteiger partial charge in [0, 0.05) is 41.4 Å². The van der Waals surface area contributed by atoms with Crippen LogP contribution in [0.4, 0.5) is 5.69 Å². The fourth-order valence-corrected chi connectivity index (χ4v) is 6.42. The third-order valence-electron chi connectivity index (χ3n) is 6.69. The predicted molar refractivity (Wildman–Crippen MR) is 128 cm³/mol. The lowest BCUT2D eigenvalue weighted by atomic mass is 9.88. The maximum Gasteiger partial charge on any atom is 0.238 e. The number of hydrogen-bond donors (Lipinski definition) is 1. The fraction of sp³-hybridized carbons (Fsp3) is 0.375. The summed E-state index contributed by atoms with van der Waals surface area (Å²) in [6, 6.07) is 16.2. The third kappa shape index (κ3) is 3.67. The molecule has 1 amide bonds. The molecule has 1 N–H and O–H groups in total. The lowest BCUT2D eigenvalue weighted by Gasteiger charge is -2.41. The van der Waals surface area contributed by atoms with Crippen LogP contribution in [0.25, 0.3) is 10.9 Å². The average Bonchev–Trinajstić information content (AvgIpc) is 3.16. The molecule has 5 rings (SSSR count). The van der Waals surface area contributed by atoms with E-state index in [-0.39, 0.29) is 35.4 Å². The third-order valence-corrected chi connectivity index (χ3v) is 8.53. The SMILES string of the molecule is C[C@H]1Cc2c([nH]c3ccccc23)[C@H](c2ccc(N3CCS(=O)(=O)CC3)cc2)N1C(=O)CCl. The number of fused-ring (bicyclic) bond motifs is 3. The van der Waals surface area contributed by atoms with Gasteiger partial charge in [-0.25, -0.2) is 8.42 Å². The Morgan fingerprint density at radius 2 is 1.78 bits per heavy atom. The van der Waals surface area contributed by atoms with E-state index >= 15 is 0 Å². The van der Waals surface area contributed by atoms with Crippen molar-refractivity contribution in [1.29, 1.82) is 0 Å². The number of nitrogens with one attached hydrogen (secondary N) is 1. The summed E-state index contributed by atoms with van der Waals surface area (Å²) >= 11 is 6.00. The number of H-pyrrole nitrogens is 1. The highest BCUT2D eigenvalue weighted by Gasteiger charge is 2.38. The maximum absolute atomic E-state index is 12.9. The van der Waals surface area contributed by atoms with Crippen molar-refractivity contribution in [3.8, 4) is 0 Å². The summed E-state index contributed by atoms with van der Waals surface area (Å²) in [6.45, 7) is 3.08. The van der Waals surface area contributed by atoms with E-state index in [0.29, 0.717) is 13.1 Å². The number of carbonyl (C=O) groups is 1. The van der Waals surface area contributed by atoms with Gasteiger partial charge in [0.05, 0.1) is 17.5 Å². The molecule has 0 spiro atoms. The molecule has 168 valence electrons. The van der Waals surface area contributed by atoms with Crippen molar-refractivity contribution in [3.05, 3.63) is 65.4 Å². The Kier molecular flexibility index (Phi) is 5.42. The number of sulfone groups is 1. The van der Waals surface area contributed by atoms with Gasteiger partial charge in [0.1, 0.15) is 5.88 Å². The van der Waals surface area contributed by atoms with Crippen LogP contribution in [0.15, 0.2) is 48.5 Å². The molecule has 0 saturated carbocycles. The van der Waals surface area contributed by atoms with E-state index in [4.69, 9.17) is 11.6 Å². The molecular weight excluding hydrogens is 446 g/mol. The second-order valence-electron chi connectivity index (χ2n) is 8.68. The number of para-hydroxylation sites is 1. The highest BCUT2D eigenvalue weighted by molar-refractivity contribution is 7.91. The minimum atomic E-state index is -2.92. The van der Waals surface area contributed by atoms with Crippen LogP contribution in [0.3, 0.4) is 0 Å². The number of nitrogens with zero attached hydrogens (tertiary/aromatic N) is 2. The first-order chi connectivity index (χ1) is 15.4.